The second kappa shape index (κ2) is 6.33. The molecule has 0 aromatic heterocycles. The van der Waals surface area contributed by atoms with Crippen LogP contribution in [0.2, 0.25) is 0 Å². The van der Waals surface area contributed by atoms with E-state index in [2.05, 4.69) is 4.74 Å². The number of alkyl halides is 2. The molecule has 0 spiro atoms. The third-order valence-electron chi connectivity index (χ3n) is 3.96. The lowest BCUT2D eigenvalue weighted by molar-refractivity contribution is -0.193. The van der Waals surface area contributed by atoms with Crippen LogP contribution in [-0.2, 0) is 11.3 Å². The number of carbonyl (C=O) groups excluding carboxylic acids is 1. The van der Waals surface area contributed by atoms with Gasteiger partial charge in [0.2, 0.25) is 0 Å². The second-order valence-electron chi connectivity index (χ2n) is 5.73. The minimum atomic E-state index is -4.00. The first-order valence-electron chi connectivity index (χ1n) is 7.66. The standard InChI is InChI=1S/C18H17F2NO4/c1-11(22)14-7-4-8-15-16(14)25-18(19,20)17(23)21(15)10-12-5-3-6-13(9-12)24-2/h3-9,11,22H,10H2,1-2H3. The smallest absolute Gasteiger partial charge is 0.483 e. The Kier molecular flexibility index (Phi) is 4.34. The zero-order valence-corrected chi connectivity index (χ0v) is 13.7. The van der Waals surface area contributed by atoms with Crippen LogP contribution in [0.3, 0.4) is 0 Å². The van der Waals surface area contributed by atoms with Crippen LogP contribution in [0.1, 0.15) is 24.2 Å². The third-order valence-corrected chi connectivity index (χ3v) is 3.96. The number of benzene rings is 2. The molecule has 0 saturated heterocycles. The van der Waals surface area contributed by atoms with E-state index in [1.54, 1.807) is 30.3 Å². The number of aliphatic hydroxyl groups excluding tert-OH is 1. The summed E-state index contributed by atoms with van der Waals surface area (Å²) in [6, 6.07) is 11.4. The Labute approximate surface area is 143 Å². The Morgan fingerprint density at radius 3 is 2.68 bits per heavy atom. The van der Waals surface area contributed by atoms with Gasteiger partial charge in [0.05, 0.1) is 25.4 Å². The van der Waals surface area contributed by atoms with Crippen molar-refractivity contribution in [1.82, 2.24) is 0 Å². The third kappa shape index (κ3) is 3.15. The number of ether oxygens (including phenoxy) is 2. The number of anilines is 1. The molecule has 2 aromatic carbocycles. The summed E-state index contributed by atoms with van der Waals surface area (Å²) in [6.45, 7) is 1.37. The number of hydrogen-bond donors (Lipinski definition) is 1. The summed E-state index contributed by atoms with van der Waals surface area (Å²) in [7, 11) is 1.50. The molecule has 0 fully saturated rings. The first-order valence-corrected chi connectivity index (χ1v) is 7.66. The van der Waals surface area contributed by atoms with Crippen molar-refractivity contribution in [1.29, 1.82) is 0 Å². The van der Waals surface area contributed by atoms with E-state index in [9.17, 15) is 18.7 Å². The van der Waals surface area contributed by atoms with E-state index >= 15 is 0 Å². The van der Waals surface area contributed by atoms with Gasteiger partial charge in [0.1, 0.15) is 5.75 Å². The van der Waals surface area contributed by atoms with E-state index in [0.29, 0.717) is 11.3 Å². The second-order valence-corrected chi connectivity index (χ2v) is 5.73. The molecule has 0 radical (unpaired) electrons. The fraction of sp³-hybridized carbons (Fsp3) is 0.278. The number of para-hydroxylation sites is 1. The van der Waals surface area contributed by atoms with Gasteiger partial charge in [-0.1, -0.05) is 24.3 Å². The van der Waals surface area contributed by atoms with Crippen molar-refractivity contribution in [3.63, 3.8) is 0 Å². The van der Waals surface area contributed by atoms with E-state index in [1.807, 2.05) is 0 Å². The maximum atomic E-state index is 14.1. The molecule has 0 bridgehead atoms. The van der Waals surface area contributed by atoms with Gasteiger partial charge in [-0.25, -0.2) is 0 Å². The maximum absolute atomic E-state index is 14.1. The molecule has 25 heavy (non-hydrogen) atoms. The van der Waals surface area contributed by atoms with Crippen molar-refractivity contribution in [2.24, 2.45) is 0 Å². The first-order chi connectivity index (χ1) is 11.8. The van der Waals surface area contributed by atoms with Crippen LogP contribution in [0.5, 0.6) is 11.5 Å². The van der Waals surface area contributed by atoms with Crippen molar-refractivity contribution in [3.05, 3.63) is 53.6 Å². The lowest BCUT2D eigenvalue weighted by atomic mass is 10.1. The zero-order chi connectivity index (χ0) is 18.2. The van der Waals surface area contributed by atoms with Crippen molar-refractivity contribution < 1.29 is 28.2 Å². The molecule has 1 heterocycles. The zero-order valence-electron chi connectivity index (χ0n) is 13.7. The van der Waals surface area contributed by atoms with Gasteiger partial charge in [-0.05, 0) is 30.7 Å². The van der Waals surface area contributed by atoms with Crippen molar-refractivity contribution in [2.45, 2.75) is 25.7 Å². The summed E-state index contributed by atoms with van der Waals surface area (Å²) in [5.41, 5.74) is 1.01. The fourth-order valence-electron chi connectivity index (χ4n) is 2.74. The first kappa shape index (κ1) is 17.2. The number of methoxy groups -OCH3 is 1. The van der Waals surface area contributed by atoms with Gasteiger partial charge >= 0.3 is 12.0 Å². The number of halogens is 2. The predicted octanol–water partition coefficient (Wildman–Crippen LogP) is 3.27. The normalized spacial score (nSPS) is 16.8. The molecule has 1 aliphatic heterocycles. The molecule has 5 nitrogen and oxygen atoms in total. The van der Waals surface area contributed by atoms with Crippen LogP contribution in [0, 0.1) is 0 Å². The number of carbonyl (C=O) groups is 1. The molecule has 1 unspecified atom stereocenters. The van der Waals surface area contributed by atoms with Crippen LogP contribution in [-0.4, -0.2) is 24.2 Å². The highest BCUT2D eigenvalue weighted by Gasteiger charge is 2.51. The summed E-state index contributed by atoms with van der Waals surface area (Å²) in [6.07, 6.45) is -5.02. The van der Waals surface area contributed by atoms with Crippen LogP contribution in [0.4, 0.5) is 14.5 Å². The number of amides is 1. The molecule has 132 valence electrons. The largest absolute Gasteiger partial charge is 0.497 e. The lowest BCUT2D eigenvalue weighted by Gasteiger charge is -2.35. The molecule has 0 saturated carbocycles. The lowest BCUT2D eigenvalue weighted by Crippen LogP contribution is -2.50. The van der Waals surface area contributed by atoms with Gasteiger partial charge in [-0.15, -0.1) is 0 Å². The Hall–Kier alpha value is -2.67. The summed E-state index contributed by atoms with van der Waals surface area (Å²) in [5, 5.41) is 9.82. The Bertz CT molecular complexity index is 807. The Balaban J connectivity index is 2.06. The molecular weight excluding hydrogens is 332 g/mol. The number of nitrogens with zero attached hydrogens (tertiary/aromatic N) is 1. The molecule has 7 heteroatoms. The molecular formula is C18H17F2NO4. The highest BCUT2D eigenvalue weighted by Crippen LogP contribution is 2.44. The van der Waals surface area contributed by atoms with Crippen molar-refractivity contribution in [2.75, 3.05) is 12.0 Å². The van der Waals surface area contributed by atoms with Crippen molar-refractivity contribution in [3.8, 4) is 11.5 Å². The molecule has 1 N–H and O–H groups in total. The summed E-state index contributed by atoms with van der Waals surface area (Å²) in [4.78, 5) is 13.2. The van der Waals surface area contributed by atoms with E-state index in [-0.39, 0.29) is 23.5 Å². The van der Waals surface area contributed by atoms with Crippen molar-refractivity contribution >= 4 is 11.6 Å². The molecule has 1 amide bonds. The molecule has 1 atom stereocenters. The van der Waals surface area contributed by atoms with Crippen LogP contribution in [0.15, 0.2) is 42.5 Å². The highest BCUT2D eigenvalue weighted by molar-refractivity contribution is 6.01. The maximum Gasteiger partial charge on any atom is 0.483 e. The number of hydrogen-bond acceptors (Lipinski definition) is 4. The van der Waals surface area contributed by atoms with Gasteiger partial charge in [0.15, 0.2) is 5.75 Å². The average Bonchev–Trinajstić information content (AvgIpc) is 2.58. The number of rotatable bonds is 4. The minimum Gasteiger partial charge on any atom is -0.497 e. The monoisotopic (exact) mass is 349 g/mol. The summed E-state index contributed by atoms with van der Waals surface area (Å²) < 4.78 is 37.9. The van der Waals surface area contributed by atoms with E-state index < -0.39 is 18.1 Å². The predicted molar refractivity (Wildman–Crippen MR) is 86.8 cm³/mol. The van der Waals surface area contributed by atoms with Gasteiger partial charge in [-0.2, -0.15) is 8.78 Å². The fourth-order valence-corrected chi connectivity index (χ4v) is 2.74. The topological polar surface area (TPSA) is 59.0 Å². The molecule has 1 aliphatic rings. The van der Waals surface area contributed by atoms with E-state index in [4.69, 9.17) is 4.74 Å². The number of aliphatic hydroxyl groups is 1. The highest BCUT2D eigenvalue weighted by atomic mass is 19.3. The van der Waals surface area contributed by atoms with Gasteiger partial charge < -0.3 is 14.6 Å². The summed E-state index contributed by atoms with van der Waals surface area (Å²) >= 11 is 0. The Morgan fingerprint density at radius 2 is 2.00 bits per heavy atom. The number of fused-ring (bicyclic) bond motifs is 1. The SMILES string of the molecule is COc1cccc(CN2C(=O)C(F)(F)Oc3c(C(C)O)cccc32)c1. The average molecular weight is 349 g/mol. The molecule has 0 aliphatic carbocycles. The van der Waals surface area contributed by atoms with Crippen LogP contribution < -0.4 is 14.4 Å². The summed E-state index contributed by atoms with van der Waals surface area (Å²) in [5.74, 6) is -1.08. The van der Waals surface area contributed by atoms with Crippen LogP contribution in [0.25, 0.3) is 0 Å². The minimum absolute atomic E-state index is 0.0781. The quantitative estimate of drug-likeness (QED) is 0.920. The Morgan fingerprint density at radius 1 is 1.28 bits per heavy atom. The van der Waals surface area contributed by atoms with Gasteiger partial charge in [-0.3, -0.25) is 9.69 Å². The van der Waals surface area contributed by atoms with E-state index in [1.165, 1.54) is 26.2 Å². The molecule has 3 rings (SSSR count). The molecule has 2 aromatic rings. The van der Waals surface area contributed by atoms with Gasteiger partial charge in [0, 0.05) is 5.56 Å². The van der Waals surface area contributed by atoms with E-state index in [0.717, 1.165) is 4.90 Å². The van der Waals surface area contributed by atoms with Crippen LogP contribution >= 0.6 is 0 Å². The van der Waals surface area contributed by atoms with Gasteiger partial charge in [0.25, 0.3) is 0 Å².